The van der Waals surface area contributed by atoms with E-state index in [1.165, 1.54) is 17.6 Å². The summed E-state index contributed by atoms with van der Waals surface area (Å²) in [5.41, 5.74) is 4.82. The van der Waals surface area contributed by atoms with Crippen molar-refractivity contribution < 1.29 is 9.59 Å². The smallest absolute Gasteiger partial charge is 0.318 e. The first-order valence-corrected chi connectivity index (χ1v) is 7.19. The largest absolute Gasteiger partial charge is 0.329 e. The summed E-state index contributed by atoms with van der Waals surface area (Å²) in [5, 5.41) is 8.18. The van der Waals surface area contributed by atoms with Crippen molar-refractivity contribution in [1.82, 2.24) is 5.43 Å². The Labute approximate surface area is 126 Å². The molecule has 0 spiro atoms. The van der Waals surface area contributed by atoms with Crippen LogP contribution in [-0.2, 0) is 9.59 Å². The van der Waals surface area contributed by atoms with Crippen LogP contribution in [0.2, 0.25) is 0 Å². The van der Waals surface area contributed by atoms with E-state index in [9.17, 15) is 9.59 Å². The fourth-order valence-corrected chi connectivity index (χ4v) is 2.39. The average Bonchev–Trinajstić information content (AvgIpc) is 2.90. The number of nitrogens with one attached hydrogen (secondary N) is 2. The Hall–Kier alpha value is -2.47. The van der Waals surface area contributed by atoms with Crippen molar-refractivity contribution in [1.29, 1.82) is 0 Å². The standard InChI is InChI=1S/C15H15N3O2S/c1-10-6-11(2)8-12(7-10)17-14(19)15(20)18-16-9-13-4-3-5-21-13/h3-9H,1-2H3,(H,17,19)(H,18,20)/b16-9-. The number of anilines is 1. The molecule has 2 N–H and O–H groups in total. The van der Waals surface area contributed by atoms with E-state index >= 15 is 0 Å². The molecule has 0 saturated heterocycles. The number of amides is 2. The van der Waals surface area contributed by atoms with Crippen LogP contribution in [0, 0.1) is 13.8 Å². The van der Waals surface area contributed by atoms with Crippen molar-refractivity contribution in [3.63, 3.8) is 0 Å². The molecule has 21 heavy (non-hydrogen) atoms. The molecule has 0 aliphatic heterocycles. The molecule has 0 bridgehead atoms. The van der Waals surface area contributed by atoms with Gasteiger partial charge >= 0.3 is 11.8 Å². The van der Waals surface area contributed by atoms with Gasteiger partial charge in [-0.2, -0.15) is 5.10 Å². The van der Waals surface area contributed by atoms with Gasteiger partial charge in [-0.15, -0.1) is 11.3 Å². The summed E-state index contributed by atoms with van der Waals surface area (Å²) in [4.78, 5) is 24.2. The number of hydrogen-bond acceptors (Lipinski definition) is 4. The molecule has 1 aromatic carbocycles. The van der Waals surface area contributed by atoms with Crippen molar-refractivity contribution in [2.45, 2.75) is 13.8 Å². The third-order valence-electron chi connectivity index (χ3n) is 2.59. The molecule has 0 saturated carbocycles. The molecule has 0 aliphatic carbocycles. The maximum Gasteiger partial charge on any atom is 0.329 e. The van der Waals surface area contributed by atoms with Crippen LogP contribution in [0.15, 0.2) is 40.8 Å². The molecule has 5 nitrogen and oxygen atoms in total. The van der Waals surface area contributed by atoms with Crippen LogP contribution < -0.4 is 10.7 Å². The minimum Gasteiger partial charge on any atom is -0.318 e. The van der Waals surface area contributed by atoms with Crippen LogP contribution in [0.4, 0.5) is 5.69 Å². The predicted octanol–water partition coefficient (Wildman–Crippen LogP) is 2.45. The molecule has 0 atom stereocenters. The van der Waals surface area contributed by atoms with Gasteiger partial charge in [0.1, 0.15) is 0 Å². The van der Waals surface area contributed by atoms with Gasteiger partial charge in [0.15, 0.2) is 0 Å². The predicted molar refractivity (Wildman–Crippen MR) is 84.6 cm³/mol. The molecule has 6 heteroatoms. The molecule has 2 rings (SSSR count). The highest BCUT2D eigenvalue weighted by molar-refractivity contribution is 7.11. The van der Waals surface area contributed by atoms with Crippen molar-refractivity contribution in [2.75, 3.05) is 5.32 Å². The summed E-state index contributed by atoms with van der Waals surface area (Å²) in [6.45, 7) is 3.85. The fourth-order valence-electron chi connectivity index (χ4n) is 1.80. The quantitative estimate of drug-likeness (QED) is 0.519. The normalized spacial score (nSPS) is 10.6. The van der Waals surface area contributed by atoms with E-state index in [1.54, 1.807) is 12.1 Å². The maximum atomic E-state index is 11.7. The zero-order chi connectivity index (χ0) is 15.2. The van der Waals surface area contributed by atoms with E-state index in [0.29, 0.717) is 5.69 Å². The number of thiophene rings is 1. The molecular weight excluding hydrogens is 286 g/mol. The Morgan fingerprint density at radius 3 is 2.48 bits per heavy atom. The van der Waals surface area contributed by atoms with Crippen LogP contribution in [0.1, 0.15) is 16.0 Å². The van der Waals surface area contributed by atoms with Crippen LogP contribution in [0.3, 0.4) is 0 Å². The Bertz CT molecular complexity index is 658. The number of benzene rings is 1. The average molecular weight is 301 g/mol. The number of aryl methyl sites for hydroxylation is 2. The number of nitrogens with zero attached hydrogens (tertiary/aromatic N) is 1. The maximum absolute atomic E-state index is 11.7. The monoisotopic (exact) mass is 301 g/mol. The summed E-state index contributed by atoms with van der Waals surface area (Å²) in [6.07, 6.45) is 1.49. The molecule has 0 unspecified atom stereocenters. The van der Waals surface area contributed by atoms with Crippen LogP contribution in [-0.4, -0.2) is 18.0 Å². The Morgan fingerprint density at radius 2 is 1.86 bits per heavy atom. The second kappa shape index (κ2) is 6.81. The summed E-state index contributed by atoms with van der Waals surface area (Å²) >= 11 is 1.49. The van der Waals surface area contributed by atoms with Gasteiger partial charge in [0.05, 0.1) is 6.21 Å². The molecule has 108 valence electrons. The molecule has 2 aromatic rings. The second-order valence-electron chi connectivity index (χ2n) is 4.55. The SMILES string of the molecule is Cc1cc(C)cc(NC(=O)C(=O)N/N=C\c2cccs2)c1. The first-order chi connectivity index (χ1) is 10.0. The second-order valence-corrected chi connectivity index (χ2v) is 5.52. The third-order valence-corrected chi connectivity index (χ3v) is 3.39. The zero-order valence-corrected chi connectivity index (χ0v) is 12.5. The highest BCUT2D eigenvalue weighted by Crippen LogP contribution is 2.13. The molecule has 1 heterocycles. The Kier molecular flexibility index (Phi) is 4.84. The third kappa shape index (κ3) is 4.54. The molecule has 2 amide bonds. The van der Waals surface area contributed by atoms with Gasteiger partial charge in [0.25, 0.3) is 0 Å². The van der Waals surface area contributed by atoms with Gasteiger partial charge in [-0.3, -0.25) is 9.59 Å². The summed E-state index contributed by atoms with van der Waals surface area (Å²) < 4.78 is 0. The first-order valence-electron chi connectivity index (χ1n) is 6.31. The van der Waals surface area contributed by atoms with Crippen molar-refractivity contribution in [3.8, 4) is 0 Å². The summed E-state index contributed by atoms with van der Waals surface area (Å²) in [7, 11) is 0. The lowest BCUT2D eigenvalue weighted by molar-refractivity contribution is -0.136. The Balaban J connectivity index is 1.92. The van der Waals surface area contributed by atoms with Crippen molar-refractivity contribution >= 4 is 35.1 Å². The van der Waals surface area contributed by atoms with Gasteiger partial charge in [0, 0.05) is 10.6 Å². The van der Waals surface area contributed by atoms with Crippen LogP contribution >= 0.6 is 11.3 Å². The zero-order valence-electron chi connectivity index (χ0n) is 11.7. The summed E-state index contributed by atoms with van der Waals surface area (Å²) in [6, 6.07) is 9.32. The first kappa shape index (κ1) is 14.9. The number of carbonyl (C=O) groups excluding carboxylic acids is 2. The van der Waals surface area contributed by atoms with E-state index in [-0.39, 0.29) is 0 Å². The van der Waals surface area contributed by atoms with E-state index in [2.05, 4.69) is 15.8 Å². The molecule has 0 aliphatic rings. The minimum atomic E-state index is -0.804. The van der Waals surface area contributed by atoms with Crippen molar-refractivity contribution in [3.05, 3.63) is 51.7 Å². The van der Waals surface area contributed by atoms with Gasteiger partial charge in [0.2, 0.25) is 0 Å². The highest BCUT2D eigenvalue weighted by Gasteiger charge is 2.13. The van der Waals surface area contributed by atoms with Crippen molar-refractivity contribution in [2.24, 2.45) is 5.10 Å². The Morgan fingerprint density at radius 1 is 1.14 bits per heavy atom. The lowest BCUT2D eigenvalue weighted by atomic mass is 10.1. The fraction of sp³-hybridized carbons (Fsp3) is 0.133. The van der Waals surface area contributed by atoms with Gasteiger partial charge in [-0.05, 0) is 48.6 Å². The van der Waals surface area contributed by atoms with Crippen LogP contribution in [0.5, 0.6) is 0 Å². The van der Waals surface area contributed by atoms with E-state index in [0.717, 1.165) is 16.0 Å². The number of rotatable bonds is 3. The lowest BCUT2D eigenvalue weighted by Crippen LogP contribution is -2.32. The van der Waals surface area contributed by atoms with E-state index in [4.69, 9.17) is 0 Å². The van der Waals surface area contributed by atoms with Crippen LogP contribution in [0.25, 0.3) is 0 Å². The van der Waals surface area contributed by atoms with E-state index < -0.39 is 11.8 Å². The minimum absolute atomic E-state index is 0.592. The van der Waals surface area contributed by atoms with Gasteiger partial charge in [-0.1, -0.05) is 12.1 Å². The van der Waals surface area contributed by atoms with E-state index in [1.807, 2.05) is 37.4 Å². The molecule has 0 fully saturated rings. The topological polar surface area (TPSA) is 70.6 Å². The molecule has 0 radical (unpaired) electrons. The highest BCUT2D eigenvalue weighted by atomic mass is 32.1. The molecule has 1 aromatic heterocycles. The van der Waals surface area contributed by atoms with Gasteiger partial charge in [-0.25, -0.2) is 5.43 Å². The number of carbonyl (C=O) groups is 2. The molecular formula is C15H15N3O2S. The summed E-state index contributed by atoms with van der Waals surface area (Å²) in [5.74, 6) is -1.55. The number of hydrazone groups is 1. The lowest BCUT2D eigenvalue weighted by Gasteiger charge is -2.06. The number of hydrogen-bond donors (Lipinski definition) is 2. The van der Waals surface area contributed by atoms with Gasteiger partial charge < -0.3 is 5.32 Å².